The molecule has 4 heteroatoms. The topological polar surface area (TPSA) is 54.4 Å². The lowest BCUT2D eigenvalue weighted by Gasteiger charge is -2.01. The molecule has 0 aliphatic heterocycles. The van der Waals surface area contributed by atoms with E-state index >= 15 is 0 Å². The summed E-state index contributed by atoms with van der Waals surface area (Å²) in [6, 6.07) is 0. The monoisotopic (exact) mass is 190 g/mol. The van der Waals surface area contributed by atoms with Gasteiger partial charge in [0, 0.05) is 12.2 Å². The summed E-state index contributed by atoms with van der Waals surface area (Å²) in [6.45, 7) is 3.94. The van der Waals surface area contributed by atoms with E-state index in [-0.39, 0.29) is 11.5 Å². The van der Waals surface area contributed by atoms with Gasteiger partial charge in [-0.2, -0.15) is 0 Å². The molecule has 0 aromatic heterocycles. The molecule has 0 heterocycles. The van der Waals surface area contributed by atoms with Crippen LogP contribution in [0.3, 0.4) is 0 Å². The normalized spacial score (nSPS) is 10.2. The summed E-state index contributed by atoms with van der Waals surface area (Å²) in [5.41, 5.74) is 0. The van der Waals surface area contributed by atoms with E-state index in [4.69, 9.17) is 5.11 Å². The van der Waals surface area contributed by atoms with Crippen LogP contribution in [0.15, 0.2) is 0 Å². The van der Waals surface area contributed by atoms with E-state index in [9.17, 15) is 9.59 Å². The summed E-state index contributed by atoms with van der Waals surface area (Å²) in [5, 5.41) is 8.37. The summed E-state index contributed by atoms with van der Waals surface area (Å²) in [5.74, 6) is -0.101. The average Bonchev–Trinajstić information content (AvgIpc) is 1.84. The molecule has 0 bridgehead atoms. The van der Waals surface area contributed by atoms with Crippen molar-refractivity contribution in [3.05, 3.63) is 0 Å². The minimum atomic E-state index is -0.847. The van der Waals surface area contributed by atoms with Crippen molar-refractivity contribution in [2.24, 2.45) is 5.92 Å². The molecule has 0 spiro atoms. The SMILES string of the molecule is CC(C)CC(=O)SCCC(=O)O. The van der Waals surface area contributed by atoms with Gasteiger partial charge < -0.3 is 5.11 Å². The zero-order chi connectivity index (χ0) is 9.56. The lowest BCUT2D eigenvalue weighted by Crippen LogP contribution is -2.02. The molecule has 0 aliphatic carbocycles. The van der Waals surface area contributed by atoms with Crippen LogP contribution in [0.4, 0.5) is 0 Å². The van der Waals surface area contributed by atoms with Crippen LogP contribution in [0.5, 0.6) is 0 Å². The highest BCUT2D eigenvalue weighted by molar-refractivity contribution is 8.13. The maximum absolute atomic E-state index is 11.0. The fourth-order valence-electron chi connectivity index (χ4n) is 0.644. The van der Waals surface area contributed by atoms with Gasteiger partial charge in [0.1, 0.15) is 0 Å². The predicted molar refractivity (Wildman–Crippen MR) is 49.2 cm³/mol. The number of carboxylic acids is 1. The van der Waals surface area contributed by atoms with E-state index in [0.29, 0.717) is 18.1 Å². The Morgan fingerprint density at radius 2 is 2.00 bits per heavy atom. The van der Waals surface area contributed by atoms with Crippen LogP contribution in [0.25, 0.3) is 0 Å². The van der Waals surface area contributed by atoms with Crippen LogP contribution in [-0.4, -0.2) is 21.9 Å². The maximum Gasteiger partial charge on any atom is 0.304 e. The molecule has 0 unspecified atom stereocenters. The second-order valence-corrected chi connectivity index (χ2v) is 4.11. The van der Waals surface area contributed by atoms with E-state index in [0.717, 1.165) is 11.8 Å². The first-order valence-electron chi connectivity index (χ1n) is 3.89. The molecule has 0 rings (SSSR count). The minimum absolute atomic E-state index is 0.0640. The molecular formula is C8H14O3S. The second-order valence-electron chi connectivity index (χ2n) is 2.96. The van der Waals surface area contributed by atoms with Crippen molar-refractivity contribution in [1.29, 1.82) is 0 Å². The third-order valence-electron chi connectivity index (χ3n) is 1.15. The van der Waals surface area contributed by atoms with Crippen molar-refractivity contribution in [2.45, 2.75) is 26.7 Å². The number of hydrogen-bond donors (Lipinski definition) is 1. The minimum Gasteiger partial charge on any atom is -0.481 e. The van der Waals surface area contributed by atoms with Gasteiger partial charge in [-0.3, -0.25) is 9.59 Å². The standard InChI is InChI=1S/C8H14O3S/c1-6(2)5-8(11)12-4-3-7(9)10/h6H,3-5H2,1-2H3,(H,9,10). The maximum atomic E-state index is 11.0. The van der Waals surface area contributed by atoms with Gasteiger partial charge in [0.25, 0.3) is 0 Å². The van der Waals surface area contributed by atoms with Crippen LogP contribution in [0.2, 0.25) is 0 Å². The number of carbonyl (C=O) groups is 2. The molecule has 0 aromatic rings. The van der Waals surface area contributed by atoms with Crippen molar-refractivity contribution < 1.29 is 14.7 Å². The highest BCUT2D eigenvalue weighted by Crippen LogP contribution is 2.11. The third-order valence-corrected chi connectivity index (χ3v) is 2.05. The molecule has 0 saturated carbocycles. The molecule has 0 amide bonds. The average molecular weight is 190 g/mol. The van der Waals surface area contributed by atoms with Gasteiger partial charge in [-0.15, -0.1) is 0 Å². The summed E-state index contributed by atoms with van der Waals surface area (Å²) < 4.78 is 0. The fraction of sp³-hybridized carbons (Fsp3) is 0.750. The number of aliphatic carboxylic acids is 1. The Bertz CT molecular complexity index is 166. The van der Waals surface area contributed by atoms with E-state index < -0.39 is 5.97 Å². The van der Waals surface area contributed by atoms with Crippen LogP contribution < -0.4 is 0 Å². The molecule has 3 nitrogen and oxygen atoms in total. The Morgan fingerprint density at radius 1 is 1.42 bits per heavy atom. The zero-order valence-electron chi connectivity index (χ0n) is 7.37. The molecule has 0 saturated heterocycles. The van der Waals surface area contributed by atoms with Gasteiger partial charge in [0.15, 0.2) is 5.12 Å². The van der Waals surface area contributed by atoms with Crippen LogP contribution in [0.1, 0.15) is 26.7 Å². The molecule has 0 radical (unpaired) electrons. The number of carboxylic acid groups (broad SMARTS) is 1. The number of hydrogen-bond acceptors (Lipinski definition) is 3. The number of rotatable bonds is 5. The van der Waals surface area contributed by atoms with Crippen molar-refractivity contribution in [1.82, 2.24) is 0 Å². The Hall–Kier alpha value is -0.510. The summed E-state index contributed by atoms with van der Waals surface area (Å²) in [7, 11) is 0. The van der Waals surface area contributed by atoms with Gasteiger partial charge in [-0.25, -0.2) is 0 Å². The summed E-state index contributed by atoms with van der Waals surface area (Å²) >= 11 is 1.11. The molecule has 0 atom stereocenters. The van der Waals surface area contributed by atoms with E-state index in [2.05, 4.69) is 0 Å². The lowest BCUT2D eigenvalue weighted by atomic mass is 10.2. The smallest absolute Gasteiger partial charge is 0.304 e. The van der Waals surface area contributed by atoms with Gasteiger partial charge in [0.2, 0.25) is 0 Å². The number of thioether (sulfide) groups is 1. The Kier molecular flexibility index (Phi) is 5.80. The van der Waals surface area contributed by atoms with Crippen molar-refractivity contribution in [3.8, 4) is 0 Å². The van der Waals surface area contributed by atoms with Crippen molar-refractivity contribution in [2.75, 3.05) is 5.75 Å². The predicted octanol–water partition coefficient (Wildman–Crippen LogP) is 1.77. The fourth-order valence-corrected chi connectivity index (χ4v) is 1.60. The first-order valence-corrected chi connectivity index (χ1v) is 4.88. The Labute approximate surface area is 76.5 Å². The molecule has 0 fully saturated rings. The van der Waals surface area contributed by atoms with Gasteiger partial charge >= 0.3 is 5.97 Å². The highest BCUT2D eigenvalue weighted by Gasteiger charge is 2.06. The molecule has 1 N–H and O–H groups in total. The Balaban J connectivity index is 3.38. The van der Waals surface area contributed by atoms with E-state index in [1.54, 1.807) is 0 Å². The van der Waals surface area contributed by atoms with Crippen molar-refractivity contribution >= 4 is 22.8 Å². The molecule has 12 heavy (non-hydrogen) atoms. The van der Waals surface area contributed by atoms with Crippen LogP contribution >= 0.6 is 11.8 Å². The van der Waals surface area contributed by atoms with E-state index in [1.165, 1.54) is 0 Å². The number of carbonyl (C=O) groups excluding carboxylic acids is 1. The Morgan fingerprint density at radius 3 is 2.42 bits per heavy atom. The first-order chi connectivity index (χ1) is 5.52. The molecule has 0 aromatic carbocycles. The third kappa shape index (κ3) is 7.60. The summed E-state index contributed by atoms with van der Waals surface area (Å²) in [6.07, 6.45) is 0.596. The lowest BCUT2D eigenvalue weighted by molar-refractivity contribution is -0.136. The summed E-state index contributed by atoms with van der Waals surface area (Å²) in [4.78, 5) is 21.1. The molecule has 70 valence electrons. The van der Waals surface area contributed by atoms with Gasteiger partial charge in [0.05, 0.1) is 6.42 Å². The molecule has 0 aliphatic rings. The van der Waals surface area contributed by atoms with Crippen LogP contribution in [0, 0.1) is 5.92 Å². The molecular weight excluding hydrogens is 176 g/mol. The second kappa shape index (κ2) is 6.06. The van der Waals surface area contributed by atoms with Gasteiger partial charge in [-0.1, -0.05) is 25.6 Å². The zero-order valence-corrected chi connectivity index (χ0v) is 8.19. The quantitative estimate of drug-likeness (QED) is 0.717. The highest BCUT2D eigenvalue weighted by atomic mass is 32.2. The van der Waals surface area contributed by atoms with Gasteiger partial charge in [-0.05, 0) is 5.92 Å². The largest absolute Gasteiger partial charge is 0.481 e. The van der Waals surface area contributed by atoms with Crippen molar-refractivity contribution in [3.63, 3.8) is 0 Å². The van der Waals surface area contributed by atoms with E-state index in [1.807, 2.05) is 13.8 Å². The first kappa shape index (κ1) is 11.5. The van der Waals surface area contributed by atoms with Crippen LogP contribution in [-0.2, 0) is 9.59 Å².